The number of thioether (sulfide) groups is 1. The predicted molar refractivity (Wildman–Crippen MR) is 83.9 cm³/mol. The van der Waals surface area contributed by atoms with Gasteiger partial charge in [0.05, 0.1) is 6.07 Å². The van der Waals surface area contributed by atoms with Gasteiger partial charge in [-0.25, -0.2) is 0 Å². The summed E-state index contributed by atoms with van der Waals surface area (Å²) in [7, 11) is 0. The number of anilines is 1. The summed E-state index contributed by atoms with van der Waals surface area (Å²) in [5, 5.41) is 21.3. The Morgan fingerprint density at radius 3 is 2.80 bits per heavy atom. The first-order valence-corrected chi connectivity index (χ1v) is 8.30. The molecule has 2 N–H and O–H groups in total. The molecule has 1 fully saturated rings. The van der Waals surface area contributed by atoms with Gasteiger partial charge < -0.3 is 10.4 Å². The molecule has 0 bridgehead atoms. The highest BCUT2D eigenvalue weighted by molar-refractivity contribution is 7.99. The molecule has 1 aromatic carbocycles. The Morgan fingerprint density at radius 1 is 1.30 bits per heavy atom. The van der Waals surface area contributed by atoms with Gasteiger partial charge in [0.1, 0.15) is 0 Å². The zero-order chi connectivity index (χ0) is 14.2. The number of aliphatic hydroxyl groups excluding tert-OH is 1. The van der Waals surface area contributed by atoms with Crippen LogP contribution in [0.25, 0.3) is 0 Å². The van der Waals surface area contributed by atoms with Crippen LogP contribution >= 0.6 is 11.8 Å². The molecule has 3 nitrogen and oxygen atoms in total. The Hall–Kier alpha value is -1.18. The number of aliphatic hydroxyl groups is 1. The summed E-state index contributed by atoms with van der Waals surface area (Å²) in [6.07, 6.45) is 5.15. The van der Waals surface area contributed by atoms with Crippen LogP contribution in [0.2, 0.25) is 0 Å². The molecular weight excluding hydrogens is 268 g/mol. The first-order valence-electron chi connectivity index (χ1n) is 7.31. The van der Waals surface area contributed by atoms with Gasteiger partial charge in [-0.3, -0.25) is 0 Å². The summed E-state index contributed by atoms with van der Waals surface area (Å²) in [6.45, 7) is 0.258. The van der Waals surface area contributed by atoms with Gasteiger partial charge in [0.2, 0.25) is 0 Å². The second-order valence-corrected chi connectivity index (χ2v) is 6.45. The Kier molecular flexibility index (Phi) is 6.23. The van der Waals surface area contributed by atoms with E-state index in [1.54, 1.807) is 11.8 Å². The molecular formula is C16H22N2OS. The highest BCUT2D eigenvalue weighted by Crippen LogP contribution is 2.27. The molecule has 0 spiro atoms. The lowest BCUT2D eigenvalue weighted by atomic mass is 9.86. The Morgan fingerprint density at radius 2 is 2.10 bits per heavy atom. The summed E-state index contributed by atoms with van der Waals surface area (Å²) in [5.74, 6) is 1.17. The van der Waals surface area contributed by atoms with E-state index in [4.69, 9.17) is 10.4 Å². The van der Waals surface area contributed by atoms with Crippen molar-refractivity contribution in [1.29, 1.82) is 5.26 Å². The van der Waals surface area contributed by atoms with E-state index in [-0.39, 0.29) is 12.5 Å². The van der Waals surface area contributed by atoms with Gasteiger partial charge >= 0.3 is 0 Å². The van der Waals surface area contributed by atoms with Crippen LogP contribution in [0.4, 0.5) is 5.69 Å². The topological polar surface area (TPSA) is 56.0 Å². The van der Waals surface area contributed by atoms with Crippen LogP contribution in [-0.2, 0) is 0 Å². The van der Waals surface area contributed by atoms with Crippen molar-refractivity contribution in [3.8, 4) is 6.07 Å². The van der Waals surface area contributed by atoms with Crippen LogP contribution in [0.3, 0.4) is 0 Å². The molecule has 1 aliphatic rings. The lowest BCUT2D eigenvalue weighted by Gasteiger charge is -2.27. The summed E-state index contributed by atoms with van der Waals surface area (Å²) in [4.78, 5) is 1.24. The minimum atomic E-state index is 0.217. The van der Waals surface area contributed by atoms with E-state index in [1.165, 1.54) is 4.90 Å². The first kappa shape index (κ1) is 15.2. The summed E-state index contributed by atoms with van der Waals surface area (Å²) < 4.78 is 0. The van der Waals surface area contributed by atoms with Crippen molar-refractivity contribution < 1.29 is 5.11 Å². The van der Waals surface area contributed by atoms with Crippen LogP contribution in [0, 0.1) is 17.2 Å². The van der Waals surface area contributed by atoms with Gasteiger partial charge in [0.15, 0.2) is 0 Å². The standard InChI is InChI=1S/C16H22N2OS/c17-12-13-3-1-4-15(11-13)18-14-5-7-16(8-6-14)20-10-2-9-19/h5-8,13,15,18-19H,1-4,9-11H2/t13-,15-/m0/s1. The number of nitriles is 1. The third-order valence-electron chi connectivity index (χ3n) is 3.65. The molecule has 2 atom stereocenters. The van der Waals surface area contributed by atoms with Crippen molar-refractivity contribution in [3.63, 3.8) is 0 Å². The maximum Gasteiger partial charge on any atom is 0.0656 e. The van der Waals surface area contributed by atoms with Crippen molar-refractivity contribution in [1.82, 2.24) is 0 Å². The normalized spacial score (nSPS) is 22.2. The fourth-order valence-corrected chi connectivity index (χ4v) is 3.41. The Labute approximate surface area is 125 Å². The van der Waals surface area contributed by atoms with Crippen molar-refractivity contribution in [3.05, 3.63) is 24.3 Å². The van der Waals surface area contributed by atoms with E-state index in [0.29, 0.717) is 6.04 Å². The molecule has 1 saturated carbocycles. The maximum absolute atomic E-state index is 9.02. The van der Waals surface area contributed by atoms with Crippen LogP contribution < -0.4 is 5.32 Å². The van der Waals surface area contributed by atoms with Crippen molar-refractivity contribution in [2.45, 2.75) is 43.0 Å². The maximum atomic E-state index is 9.02. The average molecular weight is 290 g/mol. The van der Waals surface area contributed by atoms with Crippen LogP contribution in [-0.4, -0.2) is 23.5 Å². The Balaban J connectivity index is 1.82. The molecule has 1 aliphatic carbocycles. The minimum absolute atomic E-state index is 0.217. The van der Waals surface area contributed by atoms with Crippen molar-refractivity contribution in [2.75, 3.05) is 17.7 Å². The number of rotatable bonds is 6. The highest BCUT2D eigenvalue weighted by atomic mass is 32.2. The van der Waals surface area contributed by atoms with Gasteiger partial charge in [0.25, 0.3) is 0 Å². The zero-order valence-corrected chi connectivity index (χ0v) is 12.5. The van der Waals surface area contributed by atoms with Gasteiger partial charge in [0, 0.05) is 34.9 Å². The van der Waals surface area contributed by atoms with E-state index < -0.39 is 0 Å². The summed E-state index contributed by atoms with van der Waals surface area (Å²) >= 11 is 1.77. The van der Waals surface area contributed by atoms with E-state index in [9.17, 15) is 0 Å². The van der Waals surface area contributed by atoms with Gasteiger partial charge in [-0.2, -0.15) is 5.26 Å². The molecule has 0 aromatic heterocycles. The second kappa shape index (κ2) is 8.18. The number of benzene rings is 1. The van der Waals surface area contributed by atoms with Gasteiger partial charge in [-0.05, 0) is 49.9 Å². The largest absolute Gasteiger partial charge is 0.396 e. The fraction of sp³-hybridized carbons (Fsp3) is 0.562. The summed E-state index contributed by atoms with van der Waals surface area (Å²) in [5.41, 5.74) is 1.14. The third kappa shape index (κ3) is 4.73. The summed E-state index contributed by atoms with van der Waals surface area (Å²) in [6, 6.07) is 11.3. The monoisotopic (exact) mass is 290 g/mol. The lowest BCUT2D eigenvalue weighted by Crippen LogP contribution is -2.26. The molecule has 0 unspecified atom stereocenters. The fourth-order valence-electron chi connectivity index (χ4n) is 2.58. The SMILES string of the molecule is N#C[C@H]1CCC[C@H](Nc2ccc(SCCCO)cc2)C1. The molecule has 20 heavy (non-hydrogen) atoms. The number of nitrogens with zero attached hydrogens (tertiary/aromatic N) is 1. The van der Waals surface area contributed by atoms with Crippen LogP contribution in [0.15, 0.2) is 29.2 Å². The number of hydrogen-bond donors (Lipinski definition) is 2. The molecule has 2 rings (SSSR count). The van der Waals surface area contributed by atoms with Gasteiger partial charge in [-0.15, -0.1) is 11.8 Å². The Bertz CT molecular complexity index is 441. The van der Waals surface area contributed by atoms with E-state index >= 15 is 0 Å². The van der Waals surface area contributed by atoms with Crippen LogP contribution in [0.5, 0.6) is 0 Å². The first-order chi connectivity index (χ1) is 9.81. The molecule has 1 aromatic rings. The van der Waals surface area contributed by atoms with Crippen molar-refractivity contribution in [2.24, 2.45) is 5.92 Å². The van der Waals surface area contributed by atoms with E-state index in [0.717, 1.165) is 43.5 Å². The number of hydrogen-bond acceptors (Lipinski definition) is 4. The average Bonchev–Trinajstić information content (AvgIpc) is 2.49. The van der Waals surface area contributed by atoms with Crippen molar-refractivity contribution >= 4 is 17.4 Å². The third-order valence-corrected chi connectivity index (χ3v) is 4.75. The van der Waals surface area contributed by atoms with E-state index in [1.807, 2.05) is 0 Å². The molecule has 0 radical (unpaired) electrons. The molecule has 0 saturated heterocycles. The van der Waals surface area contributed by atoms with Gasteiger partial charge in [-0.1, -0.05) is 6.42 Å². The quantitative estimate of drug-likeness (QED) is 0.620. The molecule has 0 heterocycles. The van der Waals surface area contributed by atoms with E-state index in [2.05, 4.69) is 35.7 Å². The molecule has 4 heteroatoms. The highest BCUT2D eigenvalue weighted by Gasteiger charge is 2.21. The predicted octanol–water partition coefficient (Wildman–Crippen LogP) is 3.66. The lowest BCUT2D eigenvalue weighted by molar-refractivity contribution is 0.296. The molecule has 108 valence electrons. The minimum Gasteiger partial charge on any atom is -0.396 e. The van der Waals surface area contributed by atoms with Crippen LogP contribution in [0.1, 0.15) is 32.1 Å². The number of nitrogens with one attached hydrogen (secondary N) is 1. The smallest absolute Gasteiger partial charge is 0.0656 e. The molecule has 0 amide bonds. The molecule has 0 aliphatic heterocycles. The second-order valence-electron chi connectivity index (χ2n) is 5.28. The zero-order valence-electron chi connectivity index (χ0n) is 11.7.